The molecule has 0 radical (unpaired) electrons. The van der Waals surface area contributed by atoms with E-state index in [1.165, 1.54) is 69.1 Å². The van der Waals surface area contributed by atoms with Crippen LogP contribution >= 0.6 is 22.7 Å². The van der Waals surface area contributed by atoms with Crippen LogP contribution in [0.4, 0.5) is 0 Å². The van der Waals surface area contributed by atoms with Gasteiger partial charge >= 0.3 is 0 Å². The summed E-state index contributed by atoms with van der Waals surface area (Å²) in [6.45, 7) is 5.97. The van der Waals surface area contributed by atoms with Crippen LogP contribution in [0.1, 0.15) is 88.8 Å². The van der Waals surface area contributed by atoms with Crippen molar-refractivity contribution in [1.29, 1.82) is 0 Å². The van der Waals surface area contributed by atoms with Gasteiger partial charge in [0.05, 0.1) is 72.0 Å². The average Bonchev–Trinajstić information content (AvgIpc) is 4.13. The number of primary amides is 2. The molecule has 0 fully saturated rings. The van der Waals surface area contributed by atoms with Gasteiger partial charge in [0, 0.05) is 55.9 Å². The number of rotatable bonds is 28. The predicted octanol–water partition coefficient (Wildman–Crippen LogP) is -3.04. The Morgan fingerprint density at radius 1 is 0.843 bits per heavy atom. The monoisotopic (exact) mass is 1030 g/mol. The standard InChI is InChI=1S/C42H61N15O10S3/c1-19-13-50-36(24(12-28(44)59)49-14-23(43)35(45)62)55-30(19)40(66)57-32(34(61)25-15-46-18-51-25)41(67)52-21(3)33(60)20(2)37(63)56-31(22(4)58)39(65)48-10-8-29-53-27(17-68-29)42-54-26(16-69-42)38(64)47-9-7-11-70(5)6/h13,15-18,20-24,31-34,49,58,60-61H,7-12,14,43H2,1-6H3,(H9-,44,45,46,47,48,51,52,56,57,59,62,63,64,65,66,67)/p+1/t20-,21+,22+,23-,24+,31-,32-,33-,34-/m0/s1. The molecule has 70 heavy (non-hydrogen) atoms. The second kappa shape index (κ2) is 26.8. The number of carbonyl (C=O) groups excluding carboxylic acids is 7. The fourth-order valence-corrected chi connectivity index (χ4v) is 8.88. The van der Waals surface area contributed by atoms with Gasteiger partial charge in [0.2, 0.25) is 29.5 Å². The first-order chi connectivity index (χ1) is 33.1. The topological polar surface area (TPSA) is 411 Å². The molecule has 7 amide bonds. The van der Waals surface area contributed by atoms with E-state index < -0.39 is 89.9 Å². The number of nitrogens with one attached hydrogen (secondary N) is 7. The number of imidazole rings is 1. The Balaban J connectivity index is 1.36. The van der Waals surface area contributed by atoms with Crippen LogP contribution < -0.4 is 49.1 Å². The van der Waals surface area contributed by atoms with E-state index in [1.54, 1.807) is 10.8 Å². The molecule has 0 aliphatic carbocycles. The Kier molecular flexibility index (Phi) is 21.7. The summed E-state index contributed by atoms with van der Waals surface area (Å²) in [5.41, 5.74) is 17.3. The molecule has 382 valence electrons. The van der Waals surface area contributed by atoms with E-state index in [-0.39, 0.29) is 48.2 Å². The highest BCUT2D eigenvalue weighted by atomic mass is 32.2. The molecule has 25 nitrogen and oxygen atoms in total. The third kappa shape index (κ3) is 16.6. The predicted molar refractivity (Wildman–Crippen MR) is 261 cm³/mol. The van der Waals surface area contributed by atoms with Crippen molar-refractivity contribution < 1.29 is 48.9 Å². The quantitative estimate of drug-likeness (QED) is 0.0199. The van der Waals surface area contributed by atoms with Crippen molar-refractivity contribution in [1.82, 2.24) is 61.8 Å². The van der Waals surface area contributed by atoms with Crippen molar-refractivity contribution in [3.05, 3.63) is 63.0 Å². The lowest BCUT2D eigenvalue weighted by Gasteiger charge is -2.30. The van der Waals surface area contributed by atoms with E-state index in [4.69, 9.17) is 17.2 Å². The maximum atomic E-state index is 13.9. The van der Waals surface area contributed by atoms with Crippen LogP contribution in [-0.4, -0.2) is 161 Å². The number of thiazole rings is 2. The van der Waals surface area contributed by atoms with E-state index in [0.29, 0.717) is 45.3 Å². The van der Waals surface area contributed by atoms with Gasteiger partial charge < -0.3 is 69.4 Å². The molecule has 16 N–H and O–H groups in total. The van der Waals surface area contributed by atoms with Crippen molar-refractivity contribution in [2.75, 3.05) is 37.9 Å². The summed E-state index contributed by atoms with van der Waals surface area (Å²) in [4.78, 5) is 114. The summed E-state index contributed by atoms with van der Waals surface area (Å²) in [7, 11) is 0.298. The molecule has 9 atom stereocenters. The number of hydrogen-bond donors (Lipinski definition) is 13. The Bertz CT molecular complexity index is 2420. The highest BCUT2D eigenvalue weighted by Gasteiger charge is 2.37. The Morgan fingerprint density at radius 2 is 1.57 bits per heavy atom. The normalized spacial score (nSPS) is 15.3. The lowest BCUT2D eigenvalue weighted by molar-refractivity contribution is -0.136. The van der Waals surface area contributed by atoms with Crippen molar-refractivity contribution in [2.24, 2.45) is 23.1 Å². The van der Waals surface area contributed by atoms with Crippen LogP contribution in [-0.2, 0) is 41.3 Å². The minimum Gasteiger partial charge on any atom is -0.391 e. The SMILES string of the molecule is Cc1cnc([C@@H](CC(N)=O)NC[C@H](N)C(N)=O)nc1C(=O)N[C@H](C(=O)N[C@H](C)[C@@H](O)[C@H](C)C(=O)N[C@H](C(=O)NCCc1nc(-c2nc(C(=O)NCCC[S+](C)C)cs2)cs1)[C@@H](C)O)[C@@H](O)c1cnc[nH]1. The molecule has 0 aromatic carbocycles. The van der Waals surface area contributed by atoms with Crippen LogP contribution in [0, 0.1) is 12.8 Å². The summed E-state index contributed by atoms with van der Waals surface area (Å²) in [6, 6.07) is -6.57. The zero-order valence-electron chi connectivity index (χ0n) is 39.4. The fraction of sp³-hybridized carbons (Fsp3) is 0.524. The third-order valence-corrected chi connectivity index (χ3v) is 13.5. The largest absolute Gasteiger partial charge is 0.391 e. The first-order valence-corrected chi connectivity index (χ1v) is 25.9. The number of H-pyrrole nitrogens is 1. The van der Waals surface area contributed by atoms with Crippen LogP contribution in [0.5, 0.6) is 0 Å². The molecule has 4 heterocycles. The molecule has 0 bridgehead atoms. The van der Waals surface area contributed by atoms with Gasteiger partial charge in [0.25, 0.3) is 11.8 Å². The minimum atomic E-state index is -1.76. The maximum Gasteiger partial charge on any atom is 0.271 e. The zero-order valence-corrected chi connectivity index (χ0v) is 41.9. The number of hydrogen-bond acceptors (Lipinski definition) is 19. The van der Waals surface area contributed by atoms with Gasteiger partial charge in [0.15, 0.2) is 0 Å². The van der Waals surface area contributed by atoms with E-state index in [2.05, 4.69) is 74.3 Å². The number of amides is 7. The van der Waals surface area contributed by atoms with Gasteiger partial charge in [-0.25, -0.2) is 24.9 Å². The van der Waals surface area contributed by atoms with Gasteiger partial charge in [-0.05, 0) is 37.2 Å². The molecule has 28 heteroatoms. The summed E-state index contributed by atoms with van der Waals surface area (Å²) >= 11 is 2.63. The number of nitrogens with two attached hydrogens (primary N) is 3. The van der Waals surface area contributed by atoms with Gasteiger partial charge in [-0.2, -0.15) is 0 Å². The third-order valence-electron chi connectivity index (χ3n) is 10.6. The number of aromatic amines is 1. The van der Waals surface area contributed by atoms with E-state index in [9.17, 15) is 48.9 Å². The second-order valence-corrected chi connectivity index (χ2v) is 20.8. The molecule has 0 saturated carbocycles. The van der Waals surface area contributed by atoms with Gasteiger partial charge in [-0.3, -0.25) is 33.6 Å². The highest BCUT2D eigenvalue weighted by Crippen LogP contribution is 2.26. The second-order valence-electron chi connectivity index (χ2n) is 16.6. The van der Waals surface area contributed by atoms with Gasteiger partial charge in [0.1, 0.15) is 51.9 Å². The number of aromatic nitrogens is 6. The van der Waals surface area contributed by atoms with Gasteiger partial charge in [-0.15, -0.1) is 22.7 Å². The Labute approximate surface area is 414 Å². The molecule has 0 aliphatic rings. The van der Waals surface area contributed by atoms with E-state index in [0.717, 1.165) is 12.2 Å². The average molecular weight is 1030 g/mol. The smallest absolute Gasteiger partial charge is 0.271 e. The molecule has 4 rings (SSSR count). The number of aliphatic hydroxyl groups is 3. The lowest BCUT2D eigenvalue weighted by Crippen LogP contribution is -2.57. The first kappa shape index (κ1) is 56.6. The van der Waals surface area contributed by atoms with Crippen LogP contribution in [0.2, 0.25) is 0 Å². The van der Waals surface area contributed by atoms with Crippen LogP contribution in [0.3, 0.4) is 0 Å². The number of aryl methyl sites for hydroxylation is 1. The molecule has 0 unspecified atom stereocenters. The summed E-state index contributed by atoms with van der Waals surface area (Å²) in [5.74, 6) is -5.72. The van der Waals surface area contributed by atoms with Crippen molar-refractivity contribution in [2.45, 2.75) is 95.5 Å². The summed E-state index contributed by atoms with van der Waals surface area (Å²) in [6.07, 6.45) is 4.14. The molecule has 0 spiro atoms. The van der Waals surface area contributed by atoms with Crippen molar-refractivity contribution in [3.8, 4) is 10.7 Å². The molecule has 4 aromatic rings. The van der Waals surface area contributed by atoms with E-state index in [1.807, 2.05) is 0 Å². The summed E-state index contributed by atoms with van der Waals surface area (Å²) < 4.78 is 0. The maximum absolute atomic E-state index is 13.9. The fourth-order valence-electron chi connectivity index (χ4n) is 6.54. The zero-order chi connectivity index (χ0) is 51.8. The van der Waals surface area contributed by atoms with Crippen molar-refractivity contribution in [3.63, 3.8) is 0 Å². The Morgan fingerprint density at radius 3 is 2.21 bits per heavy atom. The molecule has 0 saturated heterocycles. The minimum absolute atomic E-state index is 0.0244. The molecule has 4 aromatic heterocycles. The number of aliphatic hydroxyl groups excluding tert-OH is 3. The van der Waals surface area contributed by atoms with Crippen LogP contribution in [0.25, 0.3) is 10.7 Å². The first-order valence-electron chi connectivity index (χ1n) is 21.9. The lowest BCUT2D eigenvalue weighted by atomic mass is 9.96. The van der Waals surface area contributed by atoms with E-state index >= 15 is 0 Å². The molecule has 0 aliphatic heterocycles. The Hall–Kier alpha value is -6.01. The van der Waals surface area contributed by atoms with Crippen LogP contribution in [0.15, 0.2) is 29.5 Å². The molecular weight excluding hydrogens is 971 g/mol. The molecular formula is C42H62N15O10S3+. The number of nitrogens with zero attached hydrogens (tertiary/aromatic N) is 5. The van der Waals surface area contributed by atoms with Gasteiger partial charge in [-0.1, -0.05) is 6.92 Å². The van der Waals surface area contributed by atoms with Crippen molar-refractivity contribution >= 4 is 74.9 Å². The summed E-state index contributed by atoms with van der Waals surface area (Å²) in [5, 5.41) is 53.6. The number of carbonyl (C=O) groups is 7. The highest BCUT2D eigenvalue weighted by molar-refractivity contribution is 7.95.